The van der Waals surface area contributed by atoms with E-state index in [0.29, 0.717) is 23.9 Å². The standard InChI is InChI=1S/C23H20N6O2S2/c1-2-11-28-22(16-7-9-24-10-8-16)25-26-23(28)33-15-21(30)29-18(19-5-3-12-31-19)14-17(27-29)20-6-4-13-32-20/h2-10,12-13,18H,1,11,14-15H2/t18-/m1/s1. The van der Waals surface area contributed by atoms with Crippen LogP contribution in [0.1, 0.15) is 23.1 Å². The van der Waals surface area contributed by atoms with E-state index in [1.807, 2.05) is 46.3 Å². The van der Waals surface area contributed by atoms with Gasteiger partial charge < -0.3 is 4.42 Å². The number of carbonyl (C=O) groups excluding carboxylic acids is 1. The van der Waals surface area contributed by atoms with Gasteiger partial charge in [0.1, 0.15) is 11.8 Å². The Hall–Kier alpha value is -3.50. The minimum atomic E-state index is -0.261. The molecule has 0 radical (unpaired) electrons. The molecule has 4 aromatic rings. The molecule has 166 valence electrons. The molecule has 1 atom stereocenters. The molecule has 0 aromatic carbocycles. The van der Waals surface area contributed by atoms with Gasteiger partial charge in [-0.25, -0.2) is 5.01 Å². The van der Waals surface area contributed by atoms with Crippen molar-refractivity contribution in [3.63, 3.8) is 0 Å². The van der Waals surface area contributed by atoms with E-state index >= 15 is 0 Å². The molecule has 5 heterocycles. The fraction of sp³-hybridized carbons (Fsp3) is 0.174. The maximum Gasteiger partial charge on any atom is 0.253 e. The molecule has 10 heteroatoms. The molecule has 4 aromatic heterocycles. The third-order valence-electron chi connectivity index (χ3n) is 5.13. The molecular weight excluding hydrogens is 456 g/mol. The van der Waals surface area contributed by atoms with Gasteiger partial charge in [0.25, 0.3) is 5.91 Å². The van der Waals surface area contributed by atoms with Crippen LogP contribution in [0.5, 0.6) is 0 Å². The Morgan fingerprint density at radius 3 is 2.85 bits per heavy atom. The Kier molecular flexibility index (Phi) is 6.18. The number of aromatic nitrogens is 4. The zero-order valence-electron chi connectivity index (χ0n) is 17.6. The zero-order valence-corrected chi connectivity index (χ0v) is 19.2. The lowest BCUT2D eigenvalue weighted by Crippen LogP contribution is -2.28. The fourth-order valence-corrected chi connectivity index (χ4v) is 5.15. The normalized spacial score (nSPS) is 15.6. The number of thiophene rings is 1. The van der Waals surface area contributed by atoms with Crippen molar-refractivity contribution in [1.82, 2.24) is 24.8 Å². The van der Waals surface area contributed by atoms with Crippen LogP contribution in [-0.2, 0) is 11.3 Å². The number of nitrogens with zero attached hydrogens (tertiary/aromatic N) is 6. The molecule has 0 saturated heterocycles. The van der Waals surface area contributed by atoms with Crippen LogP contribution in [-0.4, -0.2) is 42.1 Å². The Morgan fingerprint density at radius 1 is 1.24 bits per heavy atom. The molecule has 0 unspecified atom stereocenters. The Balaban J connectivity index is 1.36. The Bertz CT molecular complexity index is 1270. The molecule has 0 fully saturated rings. The predicted octanol–water partition coefficient (Wildman–Crippen LogP) is 4.65. The first-order valence-electron chi connectivity index (χ1n) is 10.3. The smallest absolute Gasteiger partial charge is 0.253 e. The van der Waals surface area contributed by atoms with E-state index in [1.54, 1.807) is 41.1 Å². The van der Waals surface area contributed by atoms with Crippen LogP contribution in [0.4, 0.5) is 0 Å². The topological polar surface area (TPSA) is 89.4 Å². The van der Waals surface area contributed by atoms with Gasteiger partial charge >= 0.3 is 0 Å². The van der Waals surface area contributed by atoms with Crippen molar-refractivity contribution in [2.45, 2.75) is 24.2 Å². The summed E-state index contributed by atoms with van der Waals surface area (Å²) < 4.78 is 7.56. The van der Waals surface area contributed by atoms with Crippen molar-refractivity contribution in [1.29, 1.82) is 0 Å². The van der Waals surface area contributed by atoms with Crippen LogP contribution in [0.15, 0.2) is 87.8 Å². The predicted molar refractivity (Wildman–Crippen MR) is 128 cm³/mol. The van der Waals surface area contributed by atoms with Gasteiger partial charge in [-0.15, -0.1) is 28.1 Å². The van der Waals surface area contributed by atoms with Crippen molar-refractivity contribution in [3.8, 4) is 11.4 Å². The second-order valence-electron chi connectivity index (χ2n) is 7.23. The summed E-state index contributed by atoms with van der Waals surface area (Å²) in [5, 5.41) is 17.5. The van der Waals surface area contributed by atoms with E-state index in [9.17, 15) is 4.79 Å². The highest BCUT2D eigenvalue weighted by Crippen LogP contribution is 2.35. The van der Waals surface area contributed by atoms with E-state index < -0.39 is 0 Å². The Morgan fingerprint density at radius 2 is 2.12 bits per heavy atom. The fourth-order valence-electron chi connectivity index (χ4n) is 3.63. The summed E-state index contributed by atoms with van der Waals surface area (Å²) in [5.74, 6) is 1.48. The molecule has 33 heavy (non-hydrogen) atoms. The Labute approximate surface area is 198 Å². The van der Waals surface area contributed by atoms with Gasteiger partial charge in [-0.05, 0) is 35.7 Å². The van der Waals surface area contributed by atoms with Gasteiger partial charge in [0.05, 0.1) is 22.6 Å². The monoisotopic (exact) mass is 476 g/mol. The van der Waals surface area contributed by atoms with E-state index in [1.165, 1.54) is 11.8 Å². The van der Waals surface area contributed by atoms with E-state index in [4.69, 9.17) is 4.42 Å². The lowest BCUT2D eigenvalue weighted by molar-refractivity contribution is -0.130. The molecule has 0 bridgehead atoms. The van der Waals surface area contributed by atoms with Crippen molar-refractivity contribution in [2.75, 3.05) is 5.75 Å². The van der Waals surface area contributed by atoms with Gasteiger partial charge in [-0.2, -0.15) is 5.10 Å². The van der Waals surface area contributed by atoms with Crippen molar-refractivity contribution >= 4 is 34.7 Å². The molecule has 0 spiro atoms. The highest BCUT2D eigenvalue weighted by atomic mass is 32.2. The van der Waals surface area contributed by atoms with Crippen LogP contribution in [0.25, 0.3) is 11.4 Å². The third kappa shape index (κ3) is 4.39. The van der Waals surface area contributed by atoms with Crippen LogP contribution < -0.4 is 0 Å². The first-order valence-corrected chi connectivity index (χ1v) is 12.1. The number of hydrogen-bond donors (Lipinski definition) is 0. The molecule has 0 aliphatic carbocycles. The second kappa shape index (κ2) is 9.55. The van der Waals surface area contributed by atoms with Crippen LogP contribution in [0.2, 0.25) is 0 Å². The number of hydrogen-bond acceptors (Lipinski definition) is 8. The molecule has 8 nitrogen and oxygen atoms in total. The minimum absolute atomic E-state index is 0.119. The summed E-state index contributed by atoms with van der Waals surface area (Å²) in [4.78, 5) is 18.4. The van der Waals surface area contributed by atoms with Crippen LogP contribution in [0.3, 0.4) is 0 Å². The average Bonchev–Trinajstić information content (AvgIpc) is 3.64. The maximum atomic E-state index is 13.3. The molecular formula is C23H20N6O2S2. The van der Waals surface area contributed by atoms with Gasteiger partial charge in [-0.3, -0.25) is 14.3 Å². The summed E-state index contributed by atoms with van der Waals surface area (Å²) in [6, 6.07) is 11.2. The third-order valence-corrected chi connectivity index (χ3v) is 7.01. The van der Waals surface area contributed by atoms with Gasteiger partial charge in [0.15, 0.2) is 11.0 Å². The summed E-state index contributed by atoms with van der Waals surface area (Å²) in [6.07, 6.45) is 7.44. The summed E-state index contributed by atoms with van der Waals surface area (Å²) in [6.45, 7) is 4.37. The lowest BCUT2D eigenvalue weighted by Gasteiger charge is -2.19. The average molecular weight is 477 g/mol. The summed E-state index contributed by atoms with van der Waals surface area (Å²) >= 11 is 2.94. The van der Waals surface area contributed by atoms with Crippen molar-refractivity contribution in [3.05, 3.63) is 83.7 Å². The first-order chi connectivity index (χ1) is 16.2. The largest absolute Gasteiger partial charge is 0.467 e. The maximum absolute atomic E-state index is 13.3. The number of amides is 1. The summed E-state index contributed by atoms with van der Waals surface area (Å²) in [7, 11) is 0. The molecule has 0 saturated carbocycles. The number of pyridine rings is 1. The zero-order chi connectivity index (χ0) is 22.6. The van der Waals surface area contributed by atoms with E-state index in [2.05, 4.69) is 26.9 Å². The van der Waals surface area contributed by atoms with Crippen LogP contribution in [0, 0.1) is 0 Å². The molecule has 1 aliphatic heterocycles. The van der Waals surface area contributed by atoms with Crippen molar-refractivity contribution < 1.29 is 9.21 Å². The molecule has 1 aliphatic rings. The summed E-state index contributed by atoms with van der Waals surface area (Å²) in [5.41, 5.74) is 1.79. The number of allylic oxidation sites excluding steroid dienone is 1. The van der Waals surface area contributed by atoms with E-state index in [-0.39, 0.29) is 17.7 Å². The molecule has 0 N–H and O–H groups in total. The quantitative estimate of drug-likeness (QED) is 0.272. The first kappa shape index (κ1) is 21.4. The number of carbonyl (C=O) groups is 1. The van der Waals surface area contributed by atoms with Gasteiger partial charge in [-0.1, -0.05) is 23.9 Å². The molecule has 1 amide bonds. The van der Waals surface area contributed by atoms with Crippen molar-refractivity contribution in [2.24, 2.45) is 5.10 Å². The number of rotatable bonds is 8. The van der Waals surface area contributed by atoms with Gasteiger partial charge in [0, 0.05) is 30.9 Å². The molecule has 5 rings (SSSR count). The second-order valence-corrected chi connectivity index (χ2v) is 9.12. The highest BCUT2D eigenvalue weighted by molar-refractivity contribution is 7.99. The number of hydrazone groups is 1. The SMILES string of the molecule is C=CCn1c(SCC(=O)N2N=C(c3cccs3)C[C@@H]2c2ccco2)nnc1-c1ccncc1. The van der Waals surface area contributed by atoms with E-state index in [0.717, 1.165) is 21.9 Å². The number of furan rings is 1. The van der Waals surface area contributed by atoms with Crippen LogP contribution >= 0.6 is 23.1 Å². The highest BCUT2D eigenvalue weighted by Gasteiger charge is 2.35. The van der Waals surface area contributed by atoms with Gasteiger partial charge in [0.2, 0.25) is 0 Å². The number of thioether (sulfide) groups is 1. The lowest BCUT2D eigenvalue weighted by atomic mass is 10.1. The minimum Gasteiger partial charge on any atom is -0.467 e.